The first-order valence-electron chi connectivity index (χ1n) is 9.58. The minimum atomic E-state index is -0.923. The molecule has 0 fully saturated rings. The molecular formula is C23H25N3O2. The van der Waals surface area contributed by atoms with Crippen LogP contribution in [0.4, 0.5) is 0 Å². The van der Waals surface area contributed by atoms with Crippen LogP contribution in [0.15, 0.2) is 42.6 Å². The molecule has 1 aromatic carbocycles. The molecule has 5 heteroatoms. The molecule has 0 saturated heterocycles. The van der Waals surface area contributed by atoms with Gasteiger partial charge < -0.3 is 10.1 Å². The van der Waals surface area contributed by atoms with Gasteiger partial charge in [-0.1, -0.05) is 39.8 Å². The number of carboxylic acids is 1. The number of hydrogen-bond acceptors (Lipinski definition) is 3. The number of aromatic amines is 1. The second kappa shape index (κ2) is 6.30. The number of fused-ring (bicyclic) bond motifs is 1. The van der Waals surface area contributed by atoms with Crippen molar-refractivity contribution in [2.75, 3.05) is 0 Å². The lowest BCUT2D eigenvalue weighted by Crippen LogP contribution is -2.36. The molecule has 0 spiro atoms. The largest absolute Gasteiger partial charge is 0.478 e. The lowest BCUT2D eigenvalue weighted by molar-refractivity contribution is 0.0697. The Morgan fingerprint density at radius 3 is 2.18 bits per heavy atom. The summed E-state index contributed by atoms with van der Waals surface area (Å²) in [6, 6.07) is 10.8. The molecule has 0 saturated carbocycles. The average Bonchev–Trinajstić information content (AvgIpc) is 3.15. The Morgan fingerprint density at radius 2 is 1.54 bits per heavy atom. The second-order valence-electron chi connectivity index (χ2n) is 8.89. The molecule has 0 radical (unpaired) electrons. The maximum Gasteiger partial charge on any atom is 0.335 e. The van der Waals surface area contributed by atoms with E-state index in [1.807, 2.05) is 30.5 Å². The number of benzene rings is 1. The predicted octanol–water partition coefficient (Wildman–Crippen LogP) is 5.19. The number of carboxylic acid groups (broad SMARTS) is 1. The highest BCUT2D eigenvalue weighted by Crippen LogP contribution is 2.44. The lowest BCUT2D eigenvalue weighted by atomic mass is 9.67. The summed E-state index contributed by atoms with van der Waals surface area (Å²) in [7, 11) is 0. The van der Waals surface area contributed by atoms with Crippen molar-refractivity contribution in [2.45, 2.75) is 51.4 Å². The van der Waals surface area contributed by atoms with Crippen molar-refractivity contribution in [3.8, 4) is 22.6 Å². The Balaban J connectivity index is 1.71. The standard InChI is InChI=1S/C23H25N3O2/c1-22(2)11-12-23(3,4)20-19(22)24-13-18(26-20)17-10-9-16(25-17)14-5-7-15(8-6-14)21(27)28/h5-10,13,25H,11-12H2,1-4H3,(H,27,28). The molecule has 4 rings (SSSR count). The average molecular weight is 375 g/mol. The van der Waals surface area contributed by atoms with Crippen molar-refractivity contribution in [3.63, 3.8) is 0 Å². The first kappa shape index (κ1) is 18.4. The lowest BCUT2D eigenvalue weighted by Gasteiger charge is -2.39. The highest BCUT2D eigenvalue weighted by molar-refractivity contribution is 5.88. The Hall–Kier alpha value is -2.95. The summed E-state index contributed by atoms with van der Waals surface area (Å²) in [6.07, 6.45) is 4.06. The van der Waals surface area contributed by atoms with E-state index in [0.717, 1.165) is 46.9 Å². The highest BCUT2D eigenvalue weighted by Gasteiger charge is 2.39. The summed E-state index contributed by atoms with van der Waals surface area (Å²) in [6.45, 7) is 8.96. The van der Waals surface area contributed by atoms with Crippen molar-refractivity contribution in [1.29, 1.82) is 0 Å². The van der Waals surface area contributed by atoms with Crippen LogP contribution in [0, 0.1) is 0 Å². The maximum atomic E-state index is 11.0. The molecule has 0 unspecified atom stereocenters. The van der Waals surface area contributed by atoms with Gasteiger partial charge in [0.1, 0.15) is 5.69 Å². The van der Waals surface area contributed by atoms with E-state index >= 15 is 0 Å². The van der Waals surface area contributed by atoms with Gasteiger partial charge in [-0.25, -0.2) is 9.78 Å². The van der Waals surface area contributed by atoms with E-state index in [1.165, 1.54) is 0 Å². The predicted molar refractivity (Wildman–Crippen MR) is 110 cm³/mol. The number of carbonyl (C=O) groups is 1. The van der Waals surface area contributed by atoms with Gasteiger partial charge in [0.2, 0.25) is 0 Å². The fourth-order valence-corrected chi connectivity index (χ4v) is 3.85. The fourth-order valence-electron chi connectivity index (χ4n) is 3.85. The quantitative estimate of drug-likeness (QED) is 0.660. The van der Waals surface area contributed by atoms with Gasteiger partial charge in [0, 0.05) is 16.5 Å². The molecule has 3 aromatic rings. The second-order valence-corrected chi connectivity index (χ2v) is 8.89. The number of H-pyrrole nitrogens is 1. The maximum absolute atomic E-state index is 11.0. The van der Waals surface area contributed by atoms with Crippen LogP contribution >= 0.6 is 0 Å². The van der Waals surface area contributed by atoms with Crippen LogP contribution in [0.5, 0.6) is 0 Å². The van der Waals surface area contributed by atoms with Gasteiger partial charge >= 0.3 is 5.97 Å². The van der Waals surface area contributed by atoms with Gasteiger partial charge in [-0.3, -0.25) is 4.98 Å². The number of hydrogen-bond donors (Lipinski definition) is 2. The zero-order chi connectivity index (χ0) is 20.1. The number of rotatable bonds is 3. The monoisotopic (exact) mass is 375 g/mol. The number of nitrogens with zero attached hydrogens (tertiary/aromatic N) is 2. The van der Waals surface area contributed by atoms with Crippen LogP contribution in [0.25, 0.3) is 22.6 Å². The smallest absolute Gasteiger partial charge is 0.335 e. The molecule has 2 aromatic heterocycles. The third kappa shape index (κ3) is 3.11. The van der Waals surface area contributed by atoms with Crippen molar-refractivity contribution in [3.05, 3.63) is 59.5 Å². The molecule has 5 nitrogen and oxygen atoms in total. The molecule has 0 atom stereocenters. The van der Waals surface area contributed by atoms with E-state index < -0.39 is 5.97 Å². The van der Waals surface area contributed by atoms with Crippen LogP contribution in [0.1, 0.15) is 62.3 Å². The van der Waals surface area contributed by atoms with Crippen molar-refractivity contribution in [1.82, 2.24) is 15.0 Å². The zero-order valence-corrected chi connectivity index (χ0v) is 16.7. The van der Waals surface area contributed by atoms with Gasteiger partial charge in [0.05, 0.1) is 28.8 Å². The first-order valence-corrected chi connectivity index (χ1v) is 9.58. The minimum Gasteiger partial charge on any atom is -0.478 e. The van der Waals surface area contributed by atoms with E-state index in [4.69, 9.17) is 15.1 Å². The number of aromatic carboxylic acids is 1. The van der Waals surface area contributed by atoms with Crippen LogP contribution in [0.2, 0.25) is 0 Å². The van der Waals surface area contributed by atoms with Crippen molar-refractivity contribution in [2.24, 2.45) is 0 Å². The van der Waals surface area contributed by atoms with E-state index in [-0.39, 0.29) is 16.4 Å². The summed E-state index contributed by atoms with van der Waals surface area (Å²) in [4.78, 5) is 24.2. The fraction of sp³-hybridized carbons (Fsp3) is 0.348. The third-order valence-electron chi connectivity index (χ3n) is 5.83. The molecular weight excluding hydrogens is 350 g/mol. The summed E-state index contributed by atoms with van der Waals surface area (Å²) in [5.41, 5.74) is 6.12. The molecule has 1 aliphatic carbocycles. The number of nitrogens with one attached hydrogen (secondary N) is 1. The molecule has 1 aliphatic rings. The van der Waals surface area contributed by atoms with E-state index in [2.05, 4.69) is 32.7 Å². The van der Waals surface area contributed by atoms with E-state index in [0.29, 0.717) is 0 Å². The van der Waals surface area contributed by atoms with E-state index in [9.17, 15) is 4.79 Å². The van der Waals surface area contributed by atoms with Crippen molar-refractivity contribution < 1.29 is 9.90 Å². The molecule has 28 heavy (non-hydrogen) atoms. The normalized spacial score (nSPS) is 17.1. The Labute approximate surface area is 164 Å². The van der Waals surface area contributed by atoms with Crippen molar-refractivity contribution >= 4 is 5.97 Å². The van der Waals surface area contributed by atoms with Gasteiger partial charge in [-0.2, -0.15) is 0 Å². The molecule has 144 valence electrons. The Morgan fingerprint density at radius 1 is 0.929 bits per heavy atom. The summed E-state index contributed by atoms with van der Waals surface area (Å²) in [5.74, 6) is -0.923. The number of aromatic nitrogens is 3. The van der Waals surface area contributed by atoms with Crippen LogP contribution in [-0.4, -0.2) is 26.0 Å². The molecule has 0 amide bonds. The molecule has 0 bridgehead atoms. The summed E-state index contributed by atoms with van der Waals surface area (Å²) < 4.78 is 0. The summed E-state index contributed by atoms with van der Waals surface area (Å²) >= 11 is 0. The van der Waals surface area contributed by atoms with Gasteiger partial charge in [0.15, 0.2) is 0 Å². The van der Waals surface area contributed by atoms with Crippen LogP contribution in [0.3, 0.4) is 0 Å². The zero-order valence-electron chi connectivity index (χ0n) is 16.7. The molecule has 2 N–H and O–H groups in total. The van der Waals surface area contributed by atoms with Gasteiger partial charge in [-0.05, 0) is 42.7 Å². The SMILES string of the molecule is CC1(C)CCC(C)(C)c2nc(-c3ccc(-c4ccc(C(=O)O)cc4)[nH]3)cnc21. The summed E-state index contributed by atoms with van der Waals surface area (Å²) in [5, 5.41) is 9.05. The topological polar surface area (TPSA) is 78.9 Å². The van der Waals surface area contributed by atoms with Gasteiger partial charge in [-0.15, -0.1) is 0 Å². The van der Waals surface area contributed by atoms with Gasteiger partial charge in [0.25, 0.3) is 0 Å². The van der Waals surface area contributed by atoms with Crippen LogP contribution in [-0.2, 0) is 10.8 Å². The highest BCUT2D eigenvalue weighted by atomic mass is 16.4. The minimum absolute atomic E-state index is 0.00987. The Bertz CT molecular complexity index is 1050. The first-order chi connectivity index (χ1) is 13.2. The molecule has 2 heterocycles. The Kier molecular flexibility index (Phi) is 4.14. The van der Waals surface area contributed by atoms with Crippen LogP contribution < -0.4 is 0 Å². The third-order valence-corrected chi connectivity index (χ3v) is 5.83. The molecule has 0 aliphatic heterocycles. The van der Waals surface area contributed by atoms with E-state index in [1.54, 1.807) is 12.1 Å².